The number of aliphatic imine (C=N–C) groups is 1. The van der Waals surface area contributed by atoms with E-state index in [0.717, 1.165) is 55.6 Å². The fraction of sp³-hybridized carbons (Fsp3) is 0.591. The monoisotopic (exact) mass is 417 g/mol. The summed E-state index contributed by atoms with van der Waals surface area (Å²) in [6.45, 7) is 10.8. The molecule has 0 aliphatic carbocycles. The molecule has 0 unspecified atom stereocenters. The average molecular weight is 418 g/mol. The van der Waals surface area contributed by atoms with Crippen molar-refractivity contribution in [3.05, 3.63) is 35.5 Å². The van der Waals surface area contributed by atoms with Crippen molar-refractivity contribution in [2.75, 3.05) is 33.4 Å². The molecule has 2 N–H and O–H groups in total. The van der Waals surface area contributed by atoms with E-state index in [4.69, 9.17) is 14.0 Å². The first-order valence-electron chi connectivity index (χ1n) is 10.7. The lowest BCUT2D eigenvalue weighted by Crippen LogP contribution is -2.38. The summed E-state index contributed by atoms with van der Waals surface area (Å²) in [5, 5.41) is 10.6. The zero-order chi connectivity index (χ0) is 21.8. The maximum atomic E-state index is 5.70. The Bertz CT molecular complexity index is 789. The largest absolute Gasteiger partial charge is 0.490 e. The highest BCUT2D eigenvalue weighted by molar-refractivity contribution is 5.79. The van der Waals surface area contributed by atoms with Gasteiger partial charge in [-0.25, -0.2) is 0 Å². The molecular weight excluding hydrogens is 382 g/mol. The van der Waals surface area contributed by atoms with Crippen LogP contribution in [-0.4, -0.2) is 49.5 Å². The summed E-state index contributed by atoms with van der Waals surface area (Å²) < 4.78 is 16.6. The molecule has 2 aromatic rings. The van der Waals surface area contributed by atoms with Crippen molar-refractivity contribution in [2.24, 2.45) is 4.99 Å². The van der Waals surface area contributed by atoms with E-state index >= 15 is 0 Å². The third-order valence-electron chi connectivity index (χ3n) is 4.40. The van der Waals surface area contributed by atoms with Gasteiger partial charge in [-0.2, -0.15) is 4.98 Å². The van der Waals surface area contributed by atoms with Crippen LogP contribution in [0, 0.1) is 0 Å². The van der Waals surface area contributed by atoms with Gasteiger partial charge >= 0.3 is 0 Å². The fourth-order valence-corrected chi connectivity index (χ4v) is 2.85. The van der Waals surface area contributed by atoms with E-state index in [2.05, 4.69) is 45.7 Å². The zero-order valence-electron chi connectivity index (χ0n) is 18.8. The van der Waals surface area contributed by atoms with Gasteiger partial charge in [-0.3, -0.25) is 4.99 Å². The summed E-state index contributed by atoms with van der Waals surface area (Å²) in [4.78, 5) is 8.67. The van der Waals surface area contributed by atoms with Crippen LogP contribution in [0.5, 0.6) is 11.5 Å². The molecule has 8 heteroatoms. The average Bonchev–Trinajstić information content (AvgIpc) is 3.21. The molecule has 0 saturated carbocycles. The smallest absolute Gasteiger partial charge is 0.226 e. The summed E-state index contributed by atoms with van der Waals surface area (Å²) in [7, 11) is 1.77. The summed E-state index contributed by atoms with van der Waals surface area (Å²) >= 11 is 0. The normalized spacial score (nSPS) is 11.6. The molecule has 1 aromatic heterocycles. The standard InChI is InChI=1S/C22H35N5O3/c1-6-28-18-11-10-17(15-19(18)29-7-2)12-14-25-22(23-5)24-13-8-9-20-26-21(16(3)4)27-30-20/h10-11,15-16H,6-9,12-14H2,1-5H3,(H2,23,24,25). The number of hydrogen-bond donors (Lipinski definition) is 2. The number of aromatic nitrogens is 2. The highest BCUT2D eigenvalue weighted by Gasteiger charge is 2.09. The van der Waals surface area contributed by atoms with E-state index in [0.29, 0.717) is 19.1 Å². The Morgan fingerprint density at radius 1 is 1.07 bits per heavy atom. The number of aryl methyl sites for hydroxylation is 1. The minimum atomic E-state index is 0.281. The van der Waals surface area contributed by atoms with Gasteiger partial charge < -0.3 is 24.6 Å². The predicted octanol–water partition coefficient (Wildman–Crippen LogP) is 3.33. The number of nitrogens with one attached hydrogen (secondary N) is 2. The minimum Gasteiger partial charge on any atom is -0.490 e. The van der Waals surface area contributed by atoms with Crippen LogP contribution in [-0.2, 0) is 12.8 Å². The Balaban J connectivity index is 1.72. The first-order chi connectivity index (χ1) is 14.6. The van der Waals surface area contributed by atoms with E-state index in [1.165, 1.54) is 5.56 Å². The molecule has 0 aliphatic rings. The topological polar surface area (TPSA) is 93.8 Å². The van der Waals surface area contributed by atoms with Crippen LogP contribution in [0.3, 0.4) is 0 Å². The molecule has 1 heterocycles. The molecule has 2 rings (SSSR count). The van der Waals surface area contributed by atoms with E-state index in [-0.39, 0.29) is 5.92 Å². The number of rotatable bonds is 12. The zero-order valence-corrected chi connectivity index (χ0v) is 18.8. The number of guanidine groups is 1. The summed E-state index contributed by atoms with van der Waals surface area (Å²) in [5.74, 6) is 4.08. The molecule has 0 atom stereocenters. The Kier molecular flexibility index (Phi) is 9.97. The van der Waals surface area contributed by atoms with Crippen LogP contribution in [0.15, 0.2) is 27.7 Å². The van der Waals surface area contributed by atoms with Crippen LogP contribution < -0.4 is 20.1 Å². The Hall–Kier alpha value is -2.77. The van der Waals surface area contributed by atoms with Crippen LogP contribution in [0.25, 0.3) is 0 Å². The highest BCUT2D eigenvalue weighted by atomic mass is 16.5. The first-order valence-corrected chi connectivity index (χ1v) is 10.7. The van der Waals surface area contributed by atoms with Gasteiger partial charge in [0.2, 0.25) is 5.89 Å². The molecule has 0 aliphatic heterocycles. The first kappa shape index (κ1) is 23.5. The molecule has 30 heavy (non-hydrogen) atoms. The van der Waals surface area contributed by atoms with Crippen LogP contribution in [0.1, 0.15) is 57.3 Å². The molecule has 0 bridgehead atoms. The van der Waals surface area contributed by atoms with E-state index in [1.54, 1.807) is 7.05 Å². The summed E-state index contributed by atoms with van der Waals surface area (Å²) in [6.07, 6.45) is 2.49. The van der Waals surface area contributed by atoms with Crippen LogP contribution in [0.4, 0.5) is 0 Å². The van der Waals surface area contributed by atoms with Crippen molar-refractivity contribution < 1.29 is 14.0 Å². The summed E-state index contributed by atoms with van der Waals surface area (Å²) in [6, 6.07) is 6.09. The van der Waals surface area contributed by atoms with Gasteiger partial charge in [0.15, 0.2) is 23.3 Å². The molecule has 0 spiro atoms. The Labute approximate surface area is 179 Å². The Morgan fingerprint density at radius 3 is 2.47 bits per heavy atom. The van der Waals surface area contributed by atoms with Gasteiger partial charge in [0.1, 0.15) is 0 Å². The van der Waals surface area contributed by atoms with E-state index in [9.17, 15) is 0 Å². The fourth-order valence-electron chi connectivity index (χ4n) is 2.85. The number of nitrogens with zero attached hydrogens (tertiary/aromatic N) is 3. The molecule has 166 valence electrons. The Morgan fingerprint density at radius 2 is 1.80 bits per heavy atom. The molecule has 1 aromatic carbocycles. The minimum absolute atomic E-state index is 0.281. The second kappa shape index (κ2) is 12.7. The molecular formula is C22H35N5O3. The van der Waals surface area contributed by atoms with Crippen molar-refractivity contribution in [3.8, 4) is 11.5 Å². The van der Waals surface area contributed by atoms with Crippen LogP contribution >= 0.6 is 0 Å². The molecule has 0 radical (unpaired) electrons. The quantitative estimate of drug-likeness (QED) is 0.311. The number of ether oxygens (including phenoxy) is 2. The second-order valence-corrected chi connectivity index (χ2v) is 7.13. The lowest BCUT2D eigenvalue weighted by molar-refractivity contribution is 0.287. The molecule has 8 nitrogen and oxygen atoms in total. The van der Waals surface area contributed by atoms with Crippen molar-refractivity contribution in [1.82, 2.24) is 20.8 Å². The van der Waals surface area contributed by atoms with Gasteiger partial charge in [-0.15, -0.1) is 0 Å². The van der Waals surface area contributed by atoms with E-state index < -0.39 is 0 Å². The highest BCUT2D eigenvalue weighted by Crippen LogP contribution is 2.28. The maximum absolute atomic E-state index is 5.70. The third-order valence-corrected chi connectivity index (χ3v) is 4.40. The maximum Gasteiger partial charge on any atom is 0.226 e. The van der Waals surface area contributed by atoms with E-state index in [1.807, 2.05) is 26.0 Å². The second-order valence-electron chi connectivity index (χ2n) is 7.13. The van der Waals surface area contributed by atoms with Gasteiger partial charge in [0.05, 0.1) is 13.2 Å². The lowest BCUT2D eigenvalue weighted by Gasteiger charge is -2.14. The van der Waals surface area contributed by atoms with Gasteiger partial charge in [0.25, 0.3) is 0 Å². The molecule has 0 fully saturated rings. The van der Waals surface area contributed by atoms with Crippen molar-refractivity contribution in [3.63, 3.8) is 0 Å². The van der Waals surface area contributed by atoms with Crippen molar-refractivity contribution >= 4 is 5.96 Å². The predicted molar refractivity (Wildman–Crippen MR) is 119 cm³/mol. The van der Waals surface area contributed by atoms with Crippen LogP contribution in [0.2, 0.25) is 0 Å². The number of benzene rings is 1. The molecule has 0 saturated heterocycles. The lowest BCUT2D eigenvalue weighted by atomic mass is 10.1. The summed E-state index contributed by atoms with van der Waals surface area (Å²) in [5.41, 5.74) is 1.18. The van der Waals surface area contributed by atoms with Gasteiger partial charge in [-0.05, 0) is 44.4 Å². The van der Waals surface area contributed by atoms with Gasteiger partial charge in [-0.1, -0.05) is 25.1 Å². The van der Waals surface area contributed by atoms with Crippen molar-refractivity contribution in [1.29, 1.82) is 0 Å². The van der Waals surface area contributed by atoms with Gasteiger partial charge in [0, 0.05) is 32.5 Å². The SMILES string of the molecule is CCOc1ccc(CCNC(=NC)NCCCc2nc(C(C)C)no2)cc1OCC. The third kappa shape index (κ3) is 7.57. The van der Waals surface area contributed by atoms with Crippen molar-refractivity contribution in [2.45, 2.75) is 52.9 Å². The molecule has 0 amide bonds. The number of hydrogen-bond acceptors (Lipinski definition) is 6.